The zero-order valence-electron chi connectivity index (χ0n) is 18.8. The molecule has 0 unspecified atom stereocenters. The highest BCUT2D eigenvalue weighted by Crippen LogP contribution is 2.65. The van der Waals surface area contributed by atoms with Crippen LogP contribution in [-0.2, 0) is 4.79 Å². The number of ketones is 1. The van der Waals surface area contributed by atoms with Crippen LogP contribution < -0.4 is 5.32 Å². The molecule has 1 heterocycles. The third kappa shape index (κ3) is 2.70. The van der Waals surface area contributed by atoms with Crippen molar-refractivity contribution in [1.29, 1.82) is 0 Å². The van der Waals surface area contributed by atoms with Gasteiger partial charge in [-0.1, -0.05) is 38.1 Å². The molecule has 0 radical (unpaired) electrons. The van der Waals surface area contributed by atoms with E-state index >= 15 is 0 Å². The maximum absolute atomic E-state index is 13.7. The number of Topliss-reactive ketones (excluding diaryl/α,β-unsaturated/α-hetero) is 1. The molecular weight excluding hydrogens is 370 g/mol. The summed E-state index contributed by atoms with van der Waals surface area (Å²) in [4.78, 5) is 25.6. The summed E-state index contributed by atoms with van der Waals surface area (Å²) in [5.41, 5.74) is 3.48. The van der Waals surface area contributed by atoms with Crippen molar-refractivity contribution in [1.82, 2.24) is 5.32 Å². The van der Waals surface area contributed by atoms with Crippen molar-refractivity contribution in [2.75, 3.05) is 0 Å². The van der Waals surface area contributed by atoms with Gasteiger partial charge in [0.1, 0.15) is 0 Å². The number of rotatable bonds is 2. The first kappa shape index (κ1) is 20.0. The van der Waals surface area contributed by atoms with Crippen molar-refractivity contribution in [2.45, 2.75) is 72.3 Å². The quantitative estimate of drug-likeness (QED) is 0.670. The molecule has 3 nitrogen and oxygen atoms in total. The van der Waals surface area contributed by atoms with Crippen LogP contribution in [-0.4, -0.2) is 17.7 Å². The van der Waals surface area contributed by atoms with Gasteiger partial charge in [-0.05, 0) is 92.7 Å². The molecule has 160 valence electrons. The summed E-state index contributed by atoms with van der Waals surface area (Å²) >= 11 is 0. The van der Waals surface area contributed by atoms with Crippen molar-refractivity contribution in [3.8, 4) is 0 Å². The van der Waals surface area contributed by atoms with Gasteiger partial charge >= 0.3 is 0 Å². The Morgan fingerprint density at radius 1 is 1.03 bits per heavy atom. The smallest absolute Gasteiger partial charge is 0.243 e. The van der Waals surface area contributed by atoms with Gasteiger partial charge < -0.3 is 5.32 Å². The topological polar surface area (TPSA) is 46.2 Å². The molecule has 1 aromatic carbocycles. The SMILES string of the molecule is Cc1cccc(C(=O)[C@H]2CC[C@H]3[C@@H]4CC[C@H]5NC(=O)C=C[C@]5(C)[C@H]4CC[C@]23C)c1C. The second-order valence-corrected chi connectivity index (χ2v) is 11.0. The molecule has 0 spiro atoms. The molecule has 7 atom stereocenters. The predicted molar refractivity (Wildman–Crippen MR) is 119 cm³/mol. The van der Waals surface area contributed by atoms with Crippen LogP contribution >= 0.6 is 0 Å². The predicted octanol–water partition coefficient (Wildman–Crippen LogP) is 5.40. The molecule has 3 saturated carbocycles. The molecule has 30 heavy (non-hydrogen) atoms. The number of carbonyl (C=O) groups excluding carboxylic acids is 2. The molecular formula is C27H35NO2. The van der Waals surface area contributed by atoms with Gasteiger partial charge in [0.2, 0.25) is 5.91 Å². The van der Waals surface area contributed by atoms with Gasteiger partial charge in [0.05, 0.1) is 0 Å². The van der Waals surface area contributed by atoms with Crippen LogP contribution in [0.3, 0.4) is 0 Å². The van der Waals surface area contributed by atoms with E-state index in [0.717, 1.165) is 30.4 Å². The van der Waals surface area contributed by atoms with E-state index in [1.165, 1.54) is 24.8 Å². The molecule has 3 aliphatic carbocycles. The fraction of sp³-hybridized carbons (Fsp3) is 0.630. The van der Waals surface area contributed by atoms with Crippen LogP contribution in [0.1, 0.15) is 73.9 Å². The molecule has 5 rings (SSSR count). The van der Waals surface area contributed by atoms with Gasteiger partial charge in [-0.25, -0.2) is 0 Å². The number of hydrogen-bond acceptors (Lipinski definition) is 2. The first-order chi connectivity index (χ1) is 14.3. The number of amides is 1. The Bertz CT molecular complexity index is 933. The maximum atomic E-state index is 13.7. The summed E-state index contributed by atoms with van der Waals surface area (Å²) in [7, 11) is 0. The highest BCUT2D eigenvalue weighted by molar-refractivity contribution is 6.00. The first-order valence-corrected chi connectivity index (χ1v) is 11.9. The Labute approximate surface area is 180 Å². The van der Waals surface area contributed by atoms with Crippen LogP contribution in [0.2, 0.25) is 0 Å². The third-order valence-electron chi connectivity index (χ3n) is 9.87. The van der Waals surface area contributed by atoms with Gasteiger partial charge in [-0.3, -0.25) is 9.59 Å². The zero-order valence-corrected chi connectivity index (χ0v) is 18.8. The van der Waals surface area contributed by atoms with Crippen LogP contribution in [0.5, 0.6) is 0 Å². The second kappa shape index (κ2) is 6.80. The summed E-state index contributed by atoms with van der Waals surface area (Å²) < 4.78 is 0. The van der Waals surface area contributed by atoms with E-state index in [4.69, 9.17) is 0 Å². The van der Waals surface area contributed by atoms with E-state index in [-0.39, 0.29) is 28.7 Å². The van der Waals surface area contributed by atoms with Gasteiger partial charge in [-0.2, -0.15) is 0 Å². The number of nitrogens with one attached hydrogen (secondary N) is 1. The van der Waals surface area contributed by atoms with E-state index in [1.807, 2.05) is 12.1 Å². The van der Waals surface area contributed by atoms with Crippen molar-refractivity contribution in [3.63, 3.8) is 0 Å². The number of benzene rings is 1. The molecule has 3 heteroatoms. The fourth-order valence-electron chi connectivity index (χ4n) is 7.97. The summed E-state index contributed by atoms with van der Waals surface area (Å²) in [5, 5.41) is 3.24. The van der Waals surface area contributed by atoms with Gasteiger partial charge in [0.15, 0.2) is 5.78 Å². The highest BCUT2D eigenvalue weighted by atomic mass is 16.1. The number of aryl methyl sites for hydroxylation is 1. The maximum Gasteiger partial charge on any atom is 0.243 e. The minimum atomic E-state index is 0.0629. The van der Waals surface area contributed by atoms with Gasteiger partial charge in [0.25, 0.3) is 0 Å². The lowest BCUT2D eigenvalue weighted by Gasteiger charge is -2.58. The van der Waals surface area contributed by atoms with Crippen molar-refractivity contribution < 1.29 is 9.59 Å². The Morgan fingerprint density at radius 3 is 2.63 bits per heavy atom. The average molecular weight is 406 g/mol. The standard InChI is InChI=1S/C27H35NO2/c1-16-6-5-7-18(17(16)2)25(30)22-10-9-20-19-8-11-23-27(4,15-13-24(29)28-23)21(19)12-14-26(20,22)3/h5-7,13,15,19-23H,8-12,14H2,1-4H3,(H,28,29)/t19-,20-,21-,22+,23+,26-,27+/m0/s1. The minimum absolute atomic E-state index is 0.0629. The highest BCUT2D eigenvalue weighted by Gasteiger charge is 2.60. The molecule has 3 fully saturated rings. The number of hydrogen-bond donors (Lipinski definition) is 1. The molecule has 0 saturated heterocycles. The largest absolute Gasteiger partial charge is 0.349 e. The van der Waals surface area contributed by atoms with E-state index < -0.39 is 0 Å². The lowest BCUT2D eigenvalue weighted by molar-refractivity contribution is -0.122. The lowest BCUT2D eigenvalue weighted by atomic mass is 9.47. The molecule has 1 aliphatic heterocycles. The first-order valence-electron chi connectivity index (χ1n) is 11.9. The Balaban J connectivity index is 1.44. The summed E-state index contributed by atoms with van der Waals surface area (Å²) in [6, 6.07) is 6.45. The van der Waals surface area contributed by atoms with E-state index in [0.29, 0.717) is 23.5 Å². The van der Waals surface area contributed by atoms with Crippen LogP contribution in [0.25, 0.3) is 0 Å². The summed E-state index contributed by atoms with van der Waals surface area (Å²) in [5.74, 6) is 2.50. The minimum Gasteiger partial charge on any atom is -0.349 e. The lowest BCUT2D eigenvalue weighted by Crippen LogP contribution is -2.59. The molecule has 0 bridgehead atoms. The van der Waals surface area contributed by atoms with Crippen molar-refractivity contribution in [3.05, 3.63) is 47.0 Å². The average Bonchev–Trinajstić information content (AvgIpc) is 3.07. The van der Waals surface area contributed by atoms with Crippen LogP contribution in [0.15, 0.2) is 30.4 Å². The Hall–Kier alpha value is -1.90. The molecule has 1 aromatic rings. The fourth-order valence-corrected chi connectivity index (χ4v) is 7.97. The second-order valence-electron chi connectivity index (χ2n) is 11.0. The van der Waals surface area contributed by atoms with Crippen LogP contribution in [0, 0.1) is 48.3 Å². The molecule has 1 amide bonds. The van der Waals surface area contributed by atoms with Crippen LogP contribution in [0.4, 0.5) is 0 Å². The van der Waals surface area contributed by atoms with Crippen molar-refractivity contribution in [2.24, 2.45) is 34.5 Å². The number of fused-ring (bicyclic) bond motifs is 5. The van der Waals surface area contributed by atoms with E-state index in [9.17, 15) is 9.59 Å². The monoisotopic (exact) mass is 405 g/mol. The van der Waals surface area contributed by atoms with E-state index in [1.54, 1.807) is 6.08 Å². The number of carbonyl (C=O) groups is 2. The van der Waals surface area contributed by atoms with Crippen molar-refractivity contribution >= 4 is 11.7 Å². The van der Waals surface area contributed by atoms with Gasteiger partial charge in [-0.15, -0.1) is 0 Å². The molecule has 4 aliphatic rings. The summed E-state index contributed by atoms with van der Waals surface area (Å²) in [6.45, 7) is 8.98. The third-order valence-corrected chi connectivity index (χ3v) is 9.87. The zero-order chi connectivity index (χ0) is 21.3. The summed E-state index contributed by atoms with van der Waals surface area (Å²) in [6.07, 6.45) is 10.7. The Kier molecular flexibility index (Phi) is 4.54. The molecule has 0 aromatic heterocycles. The molecule has 1 N–H and O–H groups in total. The Morgan fingerprint density at radius 2 is 1.83 bits per heavy atom. The van der Waals surface area contributed by atoms with Gasteiger partial charge in [0, 0.05) is 22.9 Å². The normalized spacial score (nSPS) is 42.1. The van der Waals surface area contributed by atoms with E-state index in [2.05, 4.69) is 45.2 Å².